The molecule has 8 heteroatoms. The molecule has 4 N–H and O–H groups in total. The summed E-state index contributed by atoms with van der Waals surface area (Å²) in [4.78, 5) is 2.88. The molecule has 7 nitrogen and oxygen atoms in total. The van der Waals surface area contributed by atoms with Gasteiger partial charge < -0.3 is 10.7 Å². The highest BCUT2D eigenvalue weighted by molar-refractivity contribution is 7.89. The number of hydrogen-bond acceptors (Lipinski definition) is 4. The molecule has 92 valence electrons. The molecule has 0 fully saturated rings. The molecule has 0 unspecified atom stereocenters. The van der Waals surface area contributed by atoms with Crippen LogP contribution in [0.3, 0.4) is 0 Å². The fourth-order valence-corrected chi connectivity index (χ4v) is 2.34. The summed E-state index contributed by atoms with van der Waals surface area (Å²) in [6.07, 6.45) is 4.50. The molecule has 0 radical (unpaired) electrons. The van der Waals surface area contributed by atoms with Gasteiger partial charge in [0.1, 0.15) is 5.82 Å². The third-order valence-corrected chi connectivity index (χ3v) is 3.80. The lowest BCUT2D eigenvalue weighted by Crippen LogP contribution is -2.23. The number of anilines is 1. The lowest BCUT2D eigenvalue weighted by Gasteiger charge is -2.04. The van der Waals surface area contributed by atoms with Crippen LogP contribution >= 0.6 is 0 Å². The molecule has 0 bridgehead atoms. The SMILES string of the molecule is Cn1ncc(CNS(=O)(=O)c2cc[nH]c2)c1N. The molecule has 2 rings (SSSR count). The van der Waals surface area contributed by atoms with Gasteiger partial charge in [0.05, 0.1) is 11.1 Å². The Kier molecular flexibility index (Phi) is 2.90. The molecule has 0 amide bonds. The van der Waals surface area contributed by atoms with Crippen molar-refractivity contribution in [2.45, 2.75) is 11.4 Å². The number of hydrogen-bond donors (Lipinski definition) is 3. The van der Waals surface area contributed by atoms with Gasteiger partial charge in [0, 0.05) is 31.5 Å². The number of aryl methyl sites for hydroxylation is 1. The van der Waals surface area contributed by atoms with Crippen molar-refractivity contribution in [3.63, 3.8) is 0 Å². The quantitative estimate of drug-likeness (QED) is 0.704. The number of nitrogens with zero attached hydrogens (tertiary/aromatic N) is 2. The number of H-pyrrole nitrogens is 1. The highest BCUT2D eigenvalue weighted by Crippen LogP contribution is 2.11. The first-order valence-corrected chi connectivity index (χ1v) is 6.38. The molecule has 0 saturated heterocycles. The number of nitrogens with two attached hydrogens (primary N) is 1. The van der Waals surface area contributed by atoms with Crippen LogP contribution in [0.15, 0.2) is 29.6 Å². The largest absolute Gasteiger partial charge is 0.384 e. The van der Waals surface area contributed by atoms with Gasteiger partial charge in [0.25, 0.3) is 0 Å². The predicted molar refractivity (Wildman–Crippen MR) is 62.4 cm³/mol. The highest BCUT2D eigenvalue weighted by atomic mass is 32.2. The minimum Gasteiger partial charge on any atom is -0.384 e. The molecular weight excluding hydrogens is 242 g/mol. The predicted octanol–water partition coefficient (Wildman–Crippen LogP) is -0.191. The molecule has 2 heterocycles. The average molecular weight is 255 g/mol. The number of sulfonamides is 1. The van der Waals surface area contributed by atoms with Crippen LogP contribution in [0.2, 0.25) is 0 Å². The maximum atomic E-state index is 11.8. The molecule has 0 aliphatic rings. The van der Waals surface area contributed by atoms with E-state index in [-0.39, 0.29) is 11.4 Å². The molecular formula is C9H13N5O2S. The van der Waals surface area contributed by atoms with Crippen molar-refractivity contribution in [2.75, 3.05) is 5.73 Å². The van der Waals surface area contributed by atoms with Crippen LogP contribution in [0, 0.1) is 0 Å². The van der Waals surface area contributed by atoms with E-state index in [4.69, 9.17) is 5.73 Å². The second-order valence-electron chi connectivity index (χ2n) is 3.55. The first kappa shape index (κ1) is 11.7. The standard InChI is InChI=1S/C9H13N5O2S/c1-14-9(10)7(4-12-14)5-13-17(15,16)8-2-3-11-6-8/h2-4,6,11,13H,5,10H2,1H3. The van der Waals surface area contributed by atoms with E-state index < -0.39 is 10.0 Å². The molecule has 0 aliphatic heterocycles. The van der Waals surface area contributed by atoms with Crippen LogP contribution in [-0.4, -0.2) is 23.2 Å². The molecule has 0 aromatic carbocycles. The van der Waals surface area contributed by atoms with E-state index in [9.17, 15) is 8.42 Å². The summed E-state index contributed by atoms with van der Waals surface area (Å²) in [5.41, 5.74) is 6.36. The van der Waals surface area contributed by atoms with E-state index in [1.807, 2.05) is 0 Å². The van der Waals surface area contributed by atoms with E-state index in [1.54, 1.807) is 13.2 Å². The van der Waals surface area contributed by atoms with Crippen molar-refractivity contribution in [1.29, 1.82) is 0 Å². The van der Waals surface area contributed by atoms with Gasteiger partial charge in [-0.05, 0) is 6.07 Å². The normalized spacial score (nSPS) is 11.8. The summed E-state index contributed by atoms with van der Waals surface area (Å²) >= 11 is 0. The summed E-state index contributed by atoms with van der Waals surface area (Å²) in [5.74, 6) is 0.446. The van der Waals surface area contributed by atoms with Crippen LogP contribution in [0.5, 0.6) is 0 Å². The Morgan fingerprint density at radius 2 is 2.35 bits per heavy atom. The summed E-state index contributed by atoms with van der Waals surface area (Å²) in [6.45, 7) is 0.118. The number of nitrogens with one attached hydrogen (secondary N) is 2. The maximum Gasteiger partial charge on any atom is 0.242 e. The Hall–Kier alpha value is -1.80. The van der Waals surface area contributed by atoms with Crippen molar-refractivity contribution >= 4 is 15.8 Å². The van der Waals surface area contributed by atoms with Gasteiger partial charge in [-0.15, -0.1) is 0 Å². The van der Waals surface area contributed by atoms with Crippen molar-refractivity contribution < 1.29 is 8.42 Å². The van der Waals surface area contributed by atoms with Crippen LogP contribution in [0.1, 0.15) is 5.56 Å². The number of aromatic amines is 1. The second-order valence-corrected chi connectivity index (χ2v) is 5.32. The zero-order valence-corrected chi connectivity index (χ0v) is 10.0. The zero-order chi connectivity index (χ0) is 12.5. The van der Waals surface area contributed by atoms with Crippen molar-refractivity contribution in [2.24, 2.45) is 7.05 Å². The van der Waals surface area contributed by atoms with E-state index in [0.717, 1.165) is 0 Å². The summed E-state index contributed by atoms with van der Waals surface area (Å²) in [7, 11) is -1.80. The van der Waals surface area contributed by atoms with Gasteiger partial charge in [-0.1, -0.05) is 0 Å². The Balaban J connectivity index is 2.11. The molecule has 0 atom stereocenters. The monoisotopic (exact) mass is 255 g/mol. The Morgan fingerprint density at radius 3 is 2.88 bits per heavy atom. The van der Waals surface area contributed by atoms with Crippen LogP contribution in [0.25, 0.3) is 0 Å². The molecule has 0 aliphatic carbocycles. The number of aromatic nitrogens is 3. The molecule has 2 aromatic heterocycles. The lowest BCUT2D eigenvalue weighted by molar-refractivity contribution is 0.581. The fraction of sp³-hybridized carbons (Fsp3) is 0.222. The van der Waals surface area contributed by atoms with Gasteiger partial charge in [-0.2, -0.15) is 5.10 Å². The molecule has 0 saturated carbocycles. The fourth-order valence-electron chi connectivity index (χ4n) is 1.36. The Morgan fingerprint density at radius 1 is 1.59 bits per heavy atom. The minimum absolute atomic E-state index is 0.118. The van der Waals surface area contributed by atoms with E-state index in [2.05, 4.69) is 14.8 Å². The first-order chi connectivity index (χ1) is 8.00. The van der Waals surface area contributed by atoms with Crippen molar-refractivity contribution in [3.8, 4) is 0 Å². The first-order valence-electron chi connectivity index (χ1n) is 4.89. The molecule has 2 aromatic rings. The number of nitrogen functional groups attached to an aromatic ring is 1. The second kappa shape index (κ2) is 4.22. The average Bonchev–Trinajstić information content (AvgIpc) is 2.90. The highest BCUT2D eigenvalue weighted by Gasteiger charge is 2.15. The van der Waals surface area contributed by atoms with Gasteiger partial charge in [-0.3, -0.25) is 4.68 Å². The Labute approximate surface area is 98.7 Å². The molecule has 0 spiro atoms. The van der Waals surface area contributed by atoms with Crippen LogP contribution in [0.4, 0.5) is 5.82 Å². The third kappa shape index (κ3) is 2.32. The van der Waals surface area contributed by atoms with Gasteiger partial charge in [0.2, 0.25) is 10.0 Å². The third-order valence-electron chi connectivity index (χ3n) is 2.40. The van der Waals surface area contributed by atoms with E-state index >= 15 is 0 Å². The van der Waals surface area contributed by atoms with Gasteiger partial charge >= 0.3 is 0 Å². The minimum atomic E-state index is -3.50. The van der Waals surface area contributed by atoms with Gasteiger partial charge in [-0.25, -0.2) is 13.1 Å². The van der Waals surface area contributed by atoms with E-state index in [0.29, 0.717) is 11.4 Å². The smallest absolute Gasteiger partial charge is 0.242 e. The lowest BCUT2D eigenvalue weighted by atomic mass is 10.3. The summed E-state index contributed by atoms with van der Waals surface area (Å²) < 4.78 is 27.5. The number of rotatable bonds is 4. The molecule has 17 heavy (non-hydrogen) atoms. The zero-order valence-electron chi connectivity index (χ0n) is 9.21. The van der Waals surface area contributed by atoms with E-state index in [1.165, 1.54) is 23.1 Å². The van der Waals surface area contributed by atoms with Gasteiger partial charge in [0.15, 0.2) is 0 Å². The van der Waals surface area contributed by atoms with Crippen molar-refractivity contribution in [3.05, 3.63) is 30.2 Å². The van der Waals surface area contributed by atoms with Crippen LogP contribution < -0.4 is 10.5 Å². The Bertz CT molecular complexity index is 599. The topological polar surface area (TPSA) is 106 Å². The summed E-state index contributed by atoms with van der Waals surface area (Å²) in [6, 6.07) is 1.48. The summed E-state index contributed by atoms with van der Waals surface area (Å²) in [5, 5.41) is 3.93. The van der Waals surface area contributed by atoms with Crippen LogP contribution in [-0.2, 0) is 23.6 Å². The van der Waals surface area contributed by atoms with Crippen molar-refractivity contribution in [1.82, 2.24) is 19.5 Å². The maximum absolute atomic E-state index is 11.8.